The van der Waals surface area contributed by atoms with Crippen LogP contribution < -0.4 is 10.6 Å². The molecular formula is C25H26N6O2. The first-order valence-electron chi connectivity index (χ1n) is 11.1. The van der Waals surface area contributed by atoms with Crippen molar-refractivity contribution in [1.82, 2.24) is 19.3 Å². The van der Waals surface area contributed by atoms with Crippen LogP contribution in [0.5, 0.6) is 0 Å². The van der Waals surface area contributed by atoms with Crippen molar-refractivity contribution in [2.75, 3.05) is 10.6 Å². The van der Waals surface area contributed by atoms with Gasteiger partial charge in [0.2, 0.25) is 0 Å². The van der Waals surface area contributed by atoms with Crippen LogP contribution in [0, 0.1) is 12.8 Å². The molecule has 33 heavy (non-hydrogen) atoms. The number of carbonyl (C=O) groups excluding carboxylic acids is 2. The minimum atomic E-state index is -0.275. The fourth-order valence-electron chi connectivity index (χ4n) is 4.42. The number of carbonyl (C=O) groups is 2. The maximum absolute atomic E-state index is 12.9. The molecular weight excluding hydrogens is 416 g/mol. The van der Waals surface area contributed by atoms with E-state index < -0.39 is 0 Å². The Kier molecular flexibility index (Phi) is 5.20. The Morgan fingerprint density at radius 2 is 1.91 bits per heavy atom. The van der Waals surface area contributed by atoms with Crippen LogP contribution in [-0.2, 0) is 20.0 Å². The van der Waals surface area contributed by atoms with E-state index in [4.69, 9.17) is 0 Å². The zero-order chi connectivity index (χ0) is 23.1. The molecule has 0 fully saturated rings. The predicted molar refractivity (Wildman–Crippen MR) is 128 cm³/mol. The number of benzene rings is 2. The van der Waals surface area contributed by atoms with Gasteiger partial charge in [0.05, 0.1) is 11.7 Å². The second-order valence-electron chi connectivity index (χ2n) is 8.74. The van der Waals surface area contributed by atoms with Crippen LogP contribution in [-0.4, -0.2) is 31.1 Å². The average molecular weight is 443 g/mol. The summed E-state index contributed by atoms with van der Waals surface area (Å²) in [4.78, 5) is 30.2. The number of nitrogens with one attached hydrogen (secondary N) is 2. The molecule has 1 unspecified atom stereocenters. The number of aromatic nitrogens is 4. The van der Waals surface area contributed by atoms with Crippen molar-refractivity contribution in [3.8, 4) is 0 Å². The highest BCUT2D eigenvalue weighted by Crippen LogP contribution is 2.24. The van der Waals surface area contributed by atoms with Crippen LogP contribution in [0.1, 0.15) is 45.7 Å². The van der Waals surface area contributed by atoms with Gasteiger partial charge in [0, 0.05) is 36.8 Å². The van der Waals surface area contributed by atoms with Gasteiger partial charge in [-0.2, -0.15) is 5.10 Å². The van der Waals surface area contributed by atoms with E-state index in [0.717, 1.165) is 41.7 Å². The predicted octanol–water partition coefficient (Wildman–Crippen LogP) is 4.17. The molecule has 5 rings (SSSR count). The highest BCUT2D eigenvalue weighted by molar-refractivity contribution is 6.11. The third-order valence-corrected chi connectivity index (χ3v) is 6.23. The smallest absolute Gasteiger partial charge is 0.276 e. The largest absolute Gasteiger partial charge is 0.324 e. The van der Waals surface area contributed by atoms with Gasteiger partial charge in [-0.25, -0.2) is 4.98 Å². The molecule has 168 valence electrons. The number of fused-ring (bicyclic) bond motifs is 2. The highest BCUT2D eigenvalue weighted by Gasteiger charge is 2.23. The first-order valence-corrected chi connectivity index (χ1v) is 11.1. The van der Waals surface area contributed by atoms with Crippen molar-refractivity contribution in [3.63, 3.8) is 0 Å². The van der Waals surface area contributed by atoms with E-state index in [-0.39, 0.29) is 11.8 Å². The molecule has 0 saturated heterocycles. The van der Waals surface area contributed by atoms with Gasteiger partial charge in [0.1, 0.15) is 11.5 Å². The number of nitrogens with zero attached hydrogens (tertiary/aromatic N) is 4. The summed E-state index contributed by atoms with van der Waals surface area (Å²) in [5, 5.41) is 11.1. The molecule has 0 spiro atoms. The summed E-state index contributed by atoms with van der Waals surface area (Å²) in [6.07, 6.45) is 3.65. The van der Waals surface area contributed by atoms with Gasteiger partial charge >= 0.3 is 0 Å². The number of para-hydroxylation sites is 1. The molecule has 0 bridgehead atoms. The summed E-state index contributed by atoms with van der Waals surface area (Å²) in [5.74, 6) is 1.04. The summed E-state index contributed by atoms with van der Waals surface area (Å²) < 4.78 is 3.72. The molecule has 0 saturated carbocycles. The molecule has 0 aliphatic carbocycles. The lowest BCUT2D eigenvalue weighted by Crippen LogP contribution is -2.24. The molecule has 2 amide bonds. The number of anilines is 2. The van der Waals surface area contributed by atoms with Crippen molar-refractivity contribution in [1.29, 1.82) is 0 Å². The Labute approximate surface area is 191 Å². The topological polar surface area (TPSA) is 93.8 Å². The lowest BCUT2D eigenvalue weighted by atomic mass is 10.0. The quantitative estimate of drug-likeness (QED) is 0.496. The van der Waals surface area contributed by atoms with Crippen LogP contribution in [0.4, 0.5) is 11.4 Å². The molecule has 1 aliphatic rings. The molecule has 1 aliphatic heterocycles. The summed E-state index contributed by atoms with van der Waals surface area (Å²) in [6, 6.07) is 13.0. The number of amides is 2. The van der Waals surface area contributed by atoms with E-state index >= 15 is 0 Å². The average Bonchev–Trinajstić information content (AvgIpc) is 3.37. The second-order valence-corrected chi connectivity index (χ2v) is 8.74. The van der Waals surface area contributed by atoms with E-state index in [2.05, 4.69) is 27.6 Å². The Balaban J connectivity index is 1.32. The molecule has 1 atom stereocenters. The number of hydrogen-bond acceptors (Lipinski definition) is 4. The van der Waals surface area contributed by atoms with Crippen molar-refractivity contribution in [2.24, 2.45) is 13.0 Å². The summed E-state index contributed by atoms with van der Waals surface area (Å²) in [6.45, 7) is 4.90. The standard InChI is InChI=1S/C25H26N6O2/c1-15-8-11-22-26-13-21(31(22)14-15)24(32)28-19-10-9-17(12-16(19)2)27-25(33)23-18-6-4-5-7-20(18)30(3)29-23/h4-7,9-10,12-13,15H,8,11,14H2,1-3H3,(H,27,33)(H,28,32). The van der Waals surface area contributed by atoms with Gasteiger partial charge in [-0.3, -0.25) is 14.3 Å². The van der Waals surface area contributed by atoms with Crippen LogP contribution in [0.2, 0.25) is 0 Å². The zero-order valence-electron chi connectivity index (χ0n) is 18.9. The zero-order valence-corrected chi connectivity index (χ0v) is 18.9. The molecule has 3 heterocycles. The van der Waals surface area contributed by atoms with Gasteiger partial charge in [0.25, 0.3) is 11.8 Å². The van der Waals surface area contributed by atoms with Crippen molar-refractivity contribution in [3.05, 3.63) is 71.4 Å². The maximum atomic E-state index is 12.9. The van der Waals surface area contributed by atoms with E-state index in [1.165, 1.54) is 0 Å². The van der Waals surface area contributed by atoms with Gasteiger partial charge in [-0.05, 0) is 49.1 Å². The SMILES string of the molecule is Cc1cc(NC(=O)c2nn(C)c3ccccc23)ccc1NC(=O)c1cnc2n1CC(C)CC2. The van der Waals surface area contributed by atoms with Gasteiger partial charge < -0.3 is 15.2 Å². The van der Waals surface area contributed by atoms with E-state index in [1.54, 1.807) is 23.0 Å². The monoisotopic (exact) mass is 442 g/mol. The summed E-state index contributed by atoms with van der Waals surface area (Å²) in [5.41, 5.74) is 4.03. The first-order chi connectivity index (χ1) is 15.9. The molecule has 2 N–H and O–H groups in total. The van der Waals surface area contributed by atoms with E-state index in [0.29, 0.717) is 28.7 Å². The summed E-state index contributed by atoms with van der Waals surface area (Å²) >= 11 is 0. The minimum absolute atomic E-state index is 0.178. The highest BCUT2D eigenvalue weighted by atomic mass is 16.2. The third kappa shape index (κ3) is 3.88. The lowest BCUT2D eigenvalue weighted by Gasteiger charge is -2.22. The van der Waals surface area contributed by atoms with Crippen molar-refractivity contribution < 1.29 is 9.59 Å². The fourth-order valence-corrected chi connectivity index (χ4v) is 4.42. The molecule has 4 aromatic rings. The number of aryl methyl sites for hydroxylation is 3. The van der Waals surface area contributed by atoms with Crippen LogP contribution in [0.25, 0.3) is 10.9 Å². The van der Waals surface area contributed by atoms with Gasteiger partial charge in [0.15, 0.2) is 5.69 Å². The Morgan fingerprint density at radius 1 is 1.09 bits per heavy atom. The Hall–Kier alpha value is -3.94. The fraction of sp³-hybridized carbons (Fsp3) is 0.280. The third-order valence-electron chi connectivity index (χ3n) is 6.23. The first kappa shape index (κ1) is 20.9. The van der Waals surface area contributed by atoms with Crippen LogP contribution >= 0.6 is 0 Å². The second kappa shape index (κ2) is 8.20. The normalized spacial score (nSPS) is 15.3. The number of rotatable bonds is 4. The van der Waals surface area contributed by atoms with E-state index in [1.807, 2.05) is 48.9 Å². The minimum Gasteiger partial charge on any atom is -0.324 e. The molecule has 8 heteroatoms. The Bertz CT molecular complexity index is 1380. The van der Waals surface area contributed by atoms with Crippen molar-refractivity contribution >= 4 is 34.1 Å². The molecule has 2 aromatic carbocycles. The molecule has 0 radical (unpaired) electrons. The summed E-state index contributed by atoms with van der Waals surface area (Å²) in [7, 11) is 1.82. The van der Waals surface area contributed by atoms with Crippen LogP contribution in [0.15, 0.2) is 48.7 Å². The number of imidazole rings is 1. The van der Waals surface area contributed by atoms with E-state index in [9.17, 15) is 9.59 Å². The molecule has 2 aromatic heterocycles. The Morgan fingerprint density at radius 3 is 2.73 bits per heavy atom. The van der Waals surface area contributed by atoms with Gasteiger partial charge in [-0.1, -0.05) is 25.1 Å². The maximum Gasteiger partial charge on any atom is 0.276 e. The molecule has 8 nitrogen and oxygen atoms in total. The van der Waals surface area contributed by atoms with Gasteiger partial charge in [-0.15, -0.1) is 0 Å². The number of hydrogen-bond donors (Lipinski definition) is 2. The lowest BCUT2D eigenvalue weighted by molar-refractivity contribution is 0.101. The van der Waals surface area contributed by atoms with Crippen LogP contribution in [0.3, 0.4) is 0 Å². The van der Waals surface area contributed by atoms with Crippen molar-refractivity contribution in [2.45, 2.75) is 33.2 Å².